The molecule has 0 spiro atoms. The number of allylic oxidation sites excluding steroid dienone is 5. The van der Waals surface area contributed by atoms with Crippen molar-refractivity contribution in [2.45, 2.75) is 13.3 Å². The van der Waals surface area contributed by atoms with Gasteiger partial charge in [-0.15, -0.1) is 0 Å². The predicted octanol–water partition coefficient (Wildman–Crippen LogP) is 3.79. The minimum Gasteiger partial charge on any atom is -0.303 e. The third-order valence-corrected chi connectivity index (χ3v) is 2.31. The van der Waals surface area contributed by atoms with Gasteiger partial charge in [-0.2, -0.15) is 0 Å². The molecule has 0 bridgehead atoms. The summed E-state index contributed by atoms with van der Waals surface area (Å²) in [5.41, 5.74) is 3.13. The topological polar surface area (TPSA) is 17.1 Å². The van der Waals surface area contributed by atoms with Crippen molar-refractivity contribution in [3.8, 4) is 0 Å². The number of carbonyl (C=O) groups excluding carboxylic acids is 1. The average Bonchev–Trinajstić information content (AvgIpc) is 2.35. The molecule has 0 saturated heterocycles. The molecule has 0 saturated carbocycles. The predicted molar refractivity (Wildman–Crippen MR) is 69.1 cm³/mol. The first-order chi connectivity index (χ1) is 7.83. The fourth-order valence-corrected chi connectivity index (χ4v) is 1.57. The molecule has 0 atom stereocenters. The van der Waals surface area contributed by atoms with Crippen molar-refractivity contribution in [1.29, 1.82) is 0 Å². The fraction of sp³-hybridized carbons (Fsp3) is 0.133. The first-order valence-corrected chi connectivity index (χ1v) is 5.30. The Morgan fingerprint density at radius 2 is 2.00 bits per heavy atom. The van der Waals surface area contributed by atoms with Crippen LogP contribution in [0.5, 0.6) is 0 Å². The summed E-state index contributed by atoms with van der Waals surface area (Å²) in [6, 6.07) is 10.0. The second kappa shape index (κ2) is 6.57. The van der Waals surface area contributed by atoms with E-state index in [2.05, 4.69) is 6.58 Å². The Labute approximate surface area is 96.8 Å². The van der Waals surface area contributed by atoms with Crippen molar-refractivity contribution in [2.24, 2.45) is 0 Å². The van der Waals surface area contributed by atoms with Crippen molar-refractivity contribution in [3.63, 3.8) is 0 Å². The SMILES string of the molecule is C=C/C(CC=O)=C(\C=C/C)c1ccccc1. The van der Waals surface area contributed by atoms with E-state index in [1.165, 1.54) is 0 Å². The van der Waals surface area contributed by atoms with E-state index >= 15 is 0 Å². The summed E-state index contributed by atoms with van der Waals surface area (Å²) in [5.74, 6) is 0. The molecule has 1 aromatic carbocycles. The van der Waals surface area contributed by atoms with Gasteiger partial charge in [0, 0.05) is 6.42 Å². The normalized spacial score (nSPS) is 12.3. The summed E-state index contributed by atoms with van der Waals surface area (Å²) >= 11 is 0. The number of carbonyl (C=O) groups is 1. The molecule has 16 heavy (non-hydrogen) atoms. The van der Waals surface area contributed by atoms with Gasteiger partial charge < -0.3 is 4.79 Å². The maximum atomic E-state index is 10.6. The molecule has 0 fully saturated rings. The van der Waals surface area contributed by atoms with Crippen LogP contribution < -0.4 is 0 Å². The largest absolute Gasteiger partial charge is 0.303 e. The lowest BCUT2D eigenvalue weighted by Gasteiger charge is -2.07. The molecule has 1 aromatic rings. The Balaban J connectivity index is 3.26. The molecule has 0 unspecified atom stereocenters. The van der Waals surface area contributed by atoms with Crippen LogP contribution in [-0.4, -0.2) is 6.29 Å². The van der Waals surface area contributed by atoms with Crippen LogP contribution in [0, 0.1) is 0 Å². The first-order valence-electron chi connectivity index (χ1n) is 5.30. The molecule has 1 nitrogen and oxygen atoms in total. The molecular weight excluding hydrogens is 196 g/mol. The summed E-state index contributed by atoms with van der Waals surface area (Å²) in [4.78, 5) is 10.6. The number of hydrogen-bond acceptors (Lipinski definition) is 1. The summed E-state index contributed by atoms with van der Waals surface area (Å²) < 4.78 is 0. The third kappa shape index (κ3) is 3.06. The van der Waals surface area contributed by atoms with Crippen LogP contribution in [0.15, 0.2) is 60.7 Å². The lowest BCUT2D eigenvalue weighted by atomic mass is 9.97. The highest BCUT2D eigenvalue weighted by molar-refractivity contribution is 5.80. The molecule has 0 N–H and O–H groups in total. The van der Waals surface area contributed by atoms with Crippen molar-refractivity contribution in [2.75, 3.05) is 0 Å². The Kier molecular flexibility index (Phi) is 5.00. The minimum atomic E-state index is 0.401. The monoisotopic (exact) mass is 212 g/mol. The minimum absolute atomic E-state index is 0.401. The zero-order chi connectivity index (χ0) is 11.8. The van der Waals surface area contributed by atoms with Crippen molar-refractivity contribution in [1.82, 2.24) is 0 Å². The maximum absolute atomic E-state index is 10.6. The van der Waals surface area contributed by atoms with Gasteiger partial charge in [0.1, 0.15) is 6.29 Å². The standard InChI is InChI=1S/C15H16O/c1-3-8-15(13(4-2)11-12-16)14-9-6-5-7-10-14/h3-10,12H,2,11H2,1H3/b8-3-,15-13-. The van der Waals surface area contributed by atoms with E-state index in [9.17, 15) is 4.79 Å². The first kappa shape index (κ1) is 12.2. The third-order valence-electron chi connectivity index (χ3n) is 2.31. The van der Waals surface area contributed by atoms with Crippen LogP contribution in [0.3, 0.4) is 0 Å². The van der Waals surface area contributed by atoms with Crippen molar-refractivity contribution >= 4 is 11.9 Å². The number of benzene rings is 1. The van der Waals surface area contributed by atoms with Gasteiger partial charge in [-0.25, -0.2) is 0 Å². The number of aldehydes is 1. The van der Waals surface area contributed by atoms with Crippen molar-refractivity contribution < 1.29 is 4.79 Å². The van der Waals surface area contributed by atoms with Crippen LogP contribution in [0.25, 0.3) is 5.57 Å². The molecule has 0 aliphatic carbocycles. The second-order valence-corrected chi connectivity index (χ2v) is 3.38. The Bertz CT molecular complexity index is 410. The molecule has 1 heteroatoms. The number of rotatable bonds is 5. The highest BCUT2D eigenvalue weighted by atomic mass is 16.1. The van der Waals surface area contributed by atoms with Gasteiger partial charge in [0.15, 0.2) is 0 Å². The van der Waals surface area contributed by atoms with E-state index in [1.54, 1.807) is 6.08 Å². The average molecular weight is 212 g/mol. The van der Waals surface area contributed by atoms with Gasteiger partial charge in [0.25, 0.3) is 0 Å². The molecule has 82 valence electrons. The van der Waals surface area contributed by atoms with E-state index in [4.69, 9.17) is 0 Å². The van der Waals surface area contributed by atoms with Gasteiger partial charge in [-0.05, 0) is 23.6 Å². The quantitative estimate of drug-likeness (QED) is 0.536. The van der Waals surface area contributed by atoms with Crippen molar-refractivity contribution in [3.05, 3.63) is 66.3 Å². The fourth-order valence-electron chi connectivity index (χ4n) is 1.57. The van der Waals surface area contributed by atoms with Crippen LogP contribution in [0.1, 0.15) is 18.9 Å². The molecule has 1 rings (SSSR count). The lowest BCUT2D eigenvalue weighted by Crippen LogP contribution is -1.89. The van der Waals surface area contributed by atoms with E-state index in [1.807, 2.05) is 49.4 Å². The van der Waals surface area contributed by atoms with Crippen LogP contribution in [0.2, 0.25) is 0 Å². The van der Waals surface area contributed by atoms with Crippen LogP contribution >= 0.6 is 0 Å². The lowest BCUT2D eigenvalue weighted by molar-refractivity contribution is -0.107. The Morgan fingerprint density at radius 3 is 2.50 bits per heavy atom. The van der Waals surface area contributed by atoms with Gasteiger partial charge in [-0.3, -0.25) is 0 Å². The molecule has 0 aromatic heterocycles. The van der Waals surface area contributed by atoms with E-state index < -0.39 is 0 Å². The van der Waals surface area contributed by atoms with Gasteiger partial charge >= 0.3 is 0 Å². The molecular formula is C15H16O. The van der Waals surface area contributed by atoms with Crippen LogP contribution in [-0.2, 0) is 4.79 Å². The van der Waals surface area contributed by atoms with E-state index in [-0.39, 0.29) is 0 Å². The van der Waals surface area contributed by atoms with Gasteiger partial charge in [0.2, 0.25) is 0 Å². The Hall–Kier alpha value is -1.89. The molecule has 0 aliphatic rings. The zero-order valence-corrected chi connectivity index (χ0v) is 9.52. The summed E-state index contributed by atoms with van der Waals surface area (Å²) in [5, 5.41) is 0. The number of hydrogen-bond donors (Lipinski definition) is 0. The molecule has 0 radical (unpaired) electrons. The van der Waals surface area contributed by atoms with E-state index in [0.29, 0.717) is 6.42 Å². The van der Waals surface area contributed by atoms with Crippen LogP contribution in [0.4, 0.5) is 0 Å². The maximum Gasteiger partial charge on any atom is 0.124 e. The highest BCUT2D eigenvalue weighted by Gasteiger charge is 2.02. The molecule has 0 amide bonds. The zero-order valence-electron chi connectivity index (χ0n) is 9.52. The summed E-state index contributed by atoms with van der Waals surface area (Å²) in [6.07, 6.45) is 7.03. The van der Waals surface area contributed by atoms with E-state index in [0.717, 1.165) is 23.0 Å². The van der Waals surface area contributed by atoms with Gasteiger partial charge in [-0.1, -0.05) is 55.1 Å². The van der Waals surface area contributed by atoms with Gasteiger partial charge in [0.05, 0.1) is 0 Å². The Morgan fingerprint density at radius 1 is 1.31 bits per heavy atom. The highest BCUT2D eigenvalue weighted by Crippen LogP contribution is 2.22. The summed E-state index contributed by atoms with van der Waals surface area (Å²) in [6.45, 7) is 5.72. The smallest absolute Gasteiger partial charge is 0.124 e. The second-order valence-electron chi connectivity index (χ2n) is 3.38. The molecule has 0 aliphatic heterocycles. The summed E-state index contributed by atoms with van der Waals surface area (Å²) in [7, 11) is 0. The molecule has 0 heterocycles.